The molecule has 1 fully saturated rings. The van der Waals surface area contributed by atoms with Gasteiger partial charge in [0.1, 0.15) is 0 Å². The molecule has 2 N–H and O–H groups in total. The van der Waals surface area contributed by atoms with Gasteiger partial charge >= 0.3 is 0 Å². The summed E-state index contributed by atoms with van der Waals surface area (Å²) in [5.41, 5.74) is 2.64. The first-order valence-corrected chi connectivity index (χ1v) is 7.30. The molecule has 2 rings (SSSR count). The van der Waals surface area contributed by atoms with Crippen molar-refractivity contribution < 1.29 is 4.79 Å². The molecule has 0 radical (unpaired) electrons. The van der Waals surface area contributed by atoms with Gasteiger partial charge in [-0.05, 0) is 37.3 Å². The smallest absolute Gasteiger partial charge is 0.221 e. The normalized spacial score (nSPS) is 16.1. The Balaban J connectivity index is 1.70. The van der Waals surface area contributed by atoms with Gasteiger partial charge in [0, 0.05) is 25.0 Å². The fraction of sp³-hybridized carbons (Fsp3) is 0.562. The number of hydrogen-bond donors (Lipinski definition) is 2. The lowest BCUT2D eigenvalue weighted by molar-refractivity contribution is -0.121. The number of benzene rings is 1. The Bertz CT molecular complexity index is 409. The fourth-order valence-corrected chi connectivity index (χ4v) is 2.09. The fourth-order valence-electron chi connectivity index (χ4n) is 2.09. The molecule has 1 aromatic carbocycles. The Labute approximate surface area is 115 Å². The number of aryl methyl sites for hydroxylation is 1. The van der Waals surface area contributed by atoms with Crippen LogP contribution in [-0.2, 0) is 11.2 Å². The molecule has 104 valence electrons. The van der Waals surface area contributed by atoms with Crippen molar-refractivity contribution in [1.29, 1.82) is 0 Å². The van der Waals surface area contributed by atoms with Crippen molar-refractivity contribution in [3.63, 3.8) is 0 Å². The third kappa shape index (κ3) is 4.67. The van der Waals surface area contributed by atoms with E-state index in [9.17, 15) is 4.79 Å². The van der Waals surface area contributed by atoms with Crippen LogP contribution in [0.25, 0.3) is 0 Å². The average molecular weight is 260 g/mol. The number of carbonyl (C=O) groups is 1. The summed E-state index contributed by atoms with van der Waals surface area (Å²) in [5.74, 6) is 0.170. The van der Waals surface area contributed by atoms with Crippen LogP contribution in [0.4, 0.5) is 0 Å². The van der Waals surface area contributed by atoms with E-state index >= 15 is 0 Å². The van der Waals surface area contributed by atoms with Crippen LogP contribution in [0.5, 0.6) is 0 Å². The minimum absolute atomic E-state index is 0.170. The number of carbonyl (C=O) groups excluding carboxylic acids is 1. The number of rotatable bonds is 7. The van der Waals surface area contributed by atoms with E-state index in [1.54, 1.807) is 0 Å². The summed E-state index contributed by atoms with van der Waals surface area (Å²) in [5, 5.41) is 6.40. The first kappa shape index (κ1) is 14.1. The lowest BCUT2D eigenvalue weighted by Crippen LogP contribution is -2.30. The van der Waals surface area contributed by atoms with Gasteiger partial charge in [-0.3, -0.25) is 4.79 Å². The van der Waals surface area contributed by atoms with E-state index in [1.165, 1.54) is 11.1 Å². The molecule has 1 atom stereocenters. The molecule has 0 heterocycles. The van der Waals surface area contributed by atoms with Gasteiger partial charge in [-0.2, -0.15) is 0 Å². The van der Waals surface area contributed by atoms with Crippen molar-refractivity contribution in [2.75, 3.05) is 6.54 Å². The van der Waals surface area contributed by atoms with E-state index in [0.29, 0.717) is 18.5 Å². The van der Waals surface area contributed by atoms with Crippen LogP contribution in [0.1, 0.15) is 50.3 Å². The molecule has 0 bridgehead atoms. The molecule has 0 aliphatic heterocycles. The van der Waals surface area contributed by atoms with Gasteiger partial charge in [-0.25, -0.2) is 0 Å². The van der Waals surface area contributed by atoms with Crippen LogP contribution in [0.2, 0.25) is 0 Å². The standard InChI is InChI=1S/C16H24N2O/c1-3-13-4-6-14(7-5-13)12(2)17-11-10-16(19)18-15-8-9-15/h4-7,12,15,17H,3,8-11H2,1-2H3,(H,18,19). The molecule has 0 saturated heterocycles. The summed E-state index contributed by atoms with van der Waals surface area (Å²) in [6.45, 7) is 5.03. The maximum absolute atomic E-state index is 11.5. The quantitative estimate of drug-likeness (QED) is 0.791. The van der Waals surface area contributed by atoms with Gasteiger partial charge in [-0.1, -0.05) is 31.2 Å². The predicted octanol–water partition coefficient (Wildman–Crippen LogP) is 2.57. The Hall–Kier alpha value is -1.35. The molecule has 19 heavy (non-hydrogen) atoms. The molecular formula is C16H24N2O. The second-order valence-corrected chi connectivity index (χ2v) is 5.36. The Kier molecular flexibility index (Phi) is 4.97. The SMILES string of the molecule is CCc1ccc(C(C)NCCC(=O)NC2CC2)cc1. The zero-order valence-corrected chi connectivity index (χ0v) is 11.9. The van der Waals surface area contributed by atoms with Crippen LogP contribution >= 0.6 is 0 Å². The zero-order valence-electron chi connectivity index (χ0n) is 11.9. The second kappa shape index (κ2) is 6.71. The predicted molar refractivity (Wildman–Crippen MR) is 78.0 cm³/mol. The maximum Gasteiger partial charge on any atom is 0.221 e. The van der Waals surface area contributed by atoms with E-state index in [0.717, 1.165) is 25.8 Å². The van der Waals surface area contributed by atoms with E-state index < -0.39 is 0 Å². The van der Waals surface area contributed by atoms with Crippen LogP contribution < -0.4 is 10.6 Å². The highest BCUT2D eigenvalue weighted by atomic mass is 16.1. The molecular weight excluding hydrogens is 236 g/mol. The van der Waals surface area contributed by atoms with Gasteiger partial charge in [-0.15, -0.1) is 0 Å². The van der Waals surface area contributed by atoms with Gasteiger partial charge in [0.2, 0.25) is 5.91 Å². The van der Waals surface area contributed by atoms with Crippen molar-refractivity contribution in [3.8, 4) is 0 Å². The van der Waals surface area contributed by atoms with Crippen LogP contribution in [0.3, 0.4) is 0 Å². The summed E-state index contributed by atoms with van der Waals surface area (Å²) < 4.78 is 0. The highest BCUT2D eigenvalue weighted by molar-refractivity contribution is 5.76. The summed E-state index contributed by atoms with van der Waals surface area (Å²) in [6.07, 6.45) is 3.94. The Morgan fingerprint density at radius 1 is 1.32 bits per heavy atom. The first-order valence-electron chi connectivity index (χ1n) is 7.30. The molecule has 3 nitrogen and oxygen atoms in total. The average Bonchev–Trinajstić information content (AvgIpc) is 3.22. The van der Waals surface area contributed by atoms with Crippen LogP contribution in [-0.4, -0.2) is 18.5 Å². The maximum atomic E-state index is 11.5. The van der Waals surface area contributed by atoms with Crippen molar-refractivity contribution in [3.05, 3.63) is 35.4 Å². The lowest BCUT2D eigenvalue weighted by atomic mass is 10.0. The highest BCUT2D eigenvalue weighted by Crippen LogP contribution is 2.18. The Morgan fingerprint density at radius 2 is 2.00 bits per heavy atom. The monoisotopic (exact) mass is 260 g/mol. The zero-order chi connectivity index (χ0) is 13.7. The molecule has 0 spiro atoms. The highest BCUT2D eigenvalue weighted by Gasteiger charge is 2.22. The van der Waals surface area contributed by atoms with E-state index in [1.807, 2.05) is 0 Å². The first-order chi connectivity index (χ1) is 9.19. The molecule has 3 heteroatoms. The lowest BCUT2D eigenvalue weighted by Gasteiger charge is -2.14. The van der Waals surface area contributed by atoms with E-state index in [4.69, 9.17) is 0 Å². The minimum Gasteiger partial charge on any atom is -0.353 e. The van der Waals surface area contributed by atoms with E-state index in [2.05, 4.69) is 48.7 Å². The molecule has 1 aliphatic carbocycles. The Morgan fingerprint density at radius 3 is 2.58 bits per heavy atom. The number of hydrogen-bond acceptors (Lipinski definition) is 2. The topological polar surface area (TPSA) is 41.1 Å². The summed E-state index contributed by atoms with van der Waals surface area (Å²) in [7, 11) is 0. The number of amides is 1. The van der Waals surface area contributed by atoms with Crippen molar-refractivity contribution in [2.24, 2.45) is 0 Å². The molecule has 0 aromatic heterocycles. The molecule has 1 amide bonds. The van der Waals surface area contributed by atoms with Gasteiger partial charge in [0.05, 0.1) is 0 Å². The summed E-state index contributed by atoms with van der Waals surface area (Å²) in [4.78, 5) is 11.5. The van der Waals surface area contributed by atoms with Gasteiger partial charge in [0.25, 0.3) is 0 Å². The van der Waals surface area contributed by atoms with Crippen LogP contribution in [0, 0.1) is 0 Å². The molecule has 1 aliphatic rings. The van der Waals surface area contributed by atoms with Crippen LogP contribution in [0.15, 0.2) is 24.3 Å². The molecule has 1 unspecified atom stereocenters. The third-order valence-electron chi connectivity index (χ3n) is 3.63. The molecule has 1 aromatic rings. The summed E-state index contributed by atoms with van der Waals surface area (Å²) in [6, 6.07) is 9.44. The third-order valence-corrected chi connectivity index (χ3v) is 3.63. The minimum atomic E-state index is 0.170. The van der Waals surface area contributed by atoms with Crippen molar-refractivity contribution in [2.45, 2.75) is 51.6 Å². The van der Waals surface area contributed by atoms with Gasteiger partial charge in [0.15, 0.2) is 0 Å². The van der Waals surface area contributed by atoms with Crippen molar-refractivity contribution in [1.82, 2.24) is 10.6 Å². The largest absolute Gasteiger partial charge is 0.353 e. The van der Waals surface area contributed by atoms with E-state index in [-0.39, 0.29) is 5.91 Å². The van der Waals surface area contributed by atoms with Crippen molar-refractivity contribution >= 4 is 5.91 Å². The molecule has 1 saturated carbocycles. The number of nitrogens with one attached hydrogen (secondary N) is 2. The summed E-state index contributed by atoms with van der Waals surface area (Å²) >= 11 is 0. The second-order valence-electron chi connectivity index (χ2n) is 5.36. The van der Waals surface area contributed by atoms with Gasteiger partial charge < -0.3 is 10.6 Å².